The molecular weight excluding hydrogens is 186 g/mol. The molecule has 0 amide bonds. The molecule has 0 aromatic carbocycles. The Hall–Kier alpha value is -1.20. The minimum absolute atomic E-state index is 0.457. The van der Waals surface area contributed by atoms with Crippen LogP contribution in [0.1, 0.15) is 17.9 Å². The molecule has 0 saturated heterocycles. The summed E-state index contributed by atoms with van der Waals surface area (Å²) in [5.74, 6) is 0.747. The standard InChI is InChI=1S/C8H9N3OS/c1-5(12)6-4-11-8(13-6)7-9-2-3-10-7/h2-5,12H,1H3,(H,9,10). The lowest BCUT2D eigenvalue weighted by Gasteiger charge is -1.94. The molecule has 68 valence electrons. The lowest BCUT2D eigenvalue weighted by molar-refractivity contribution is 0.203. The summed E-state index contributed by atoms with van der Waals surface area (Å²) >= 11 is 1.44. The normalized spacial score (nSPS) is 13.1. The molecule has 0 bridgehead atoms. The number of imidazole rings is 1. The fourth-order valence-electron chi connectivity index (χ4n) is 0.971. The maximum absolute atomic E-state index is 9.27. The van der Waals surface area contributed by atoms with Crippen molar-refractivity contribution in [2.45, 2.75) is 13.0 Å². The Morgan fingerprint density at radius 1 is 1.54 bits per heavy atom. The van der Waals surface area contributed by atoms with E-state index < -0.39 is 6.10 Å². The van der Waals surface area contributed by atoms with Crippen LogP contribution in [0.4, 0.5) is 0 Å². The number of nitrogens with one attached hydrogen (secondary N) is 1. The highest BCUT2D eigenvalue weighted by atomic mass is 32.1. The number of nitrogens with zero attached hydrogens (tertiary/aromatic N) is 2. The third kappa shape index (κ3) is 1.61. The van der Waals surface area contributed by atoms with Gasteiger partial charge in [-0.1, -0.05) is 0 Å². The minimum Gasteiger partial charge on any atom is -0.388 e. The van der Waals surface area contributed by atoms with Crippen LogP contribution in [0.3, 0.4) is 0 Å². The molecule has 1 unspecified atom stereocenters. The van der Waals surface area contributed by atoms with Crippen LogP contribution >= 0.6 is 11.3 Å². The molecule has 0 aliphatic carbocycles. The quantitative estimate of drug-likeness (QED) is 0.764. The predicted octanol–water partition coefficient (Wildman–Crippen LogP) is 1.59. The molecule has 2 aromatic rings. The molecule has 2 rings (SSSR count). The Kier molecular flexibility index (Phi) is 2.12. The molecule has 0 aliphatic heterocycles. The first-order valence-electron chi connectivity index (χ1n) is 3.91. The third-order valence-electron chi connectivity index (χ3n) is 1.64. The summed E-state index contributed by atoms with van der Waals surface area (Å²) in [4.78, 5) is 12.0. The molecule has 4 nitrogen and oxygen atoms in total. The van der Waals surface area contributed by atoms with E-state index in [1.54, 1.807) is 25.5 Å². The Bertz CT molecular complexity index is 380. The van der Waals surface area contributed by atoms with E-state index in [0.717, 1.165) is 15.7 Å². The molecule has 0 saturated carbocycles. The highest BCUT2D eigenvalue weighted by Gasteiger charge is 2.09. The molecular formula is C8H9N3OS. The topological polar surface area (TPSA) is 61.8 Å². The molecule has 0 spiro atoms. The van der Waals surface area contributed by atoms with Crippen LogP contribution in [0.25, 0.3) is 10.8 Å². The predicted molar refractivity (Wildman–Crippen MR) is 50.3 cm³/mol. The van der Waals surface area contributed by atoms with Crippen LogP contribution in [0, 0.1) is 0 Å². The number of aliphatic hydroxyl groups is 1. The van der Waals surface area contributed by atoms with E-state index in [4.69, 9.17) is 0 Å². The smallest absolute Gasteiger partial charge is 0.166 e. The average Bonchev–Trinajstić information content (AvgIpc) is 2.75. The fraction of sp³-hybridized carbons (Fsp3) is 0.250. The zero-order valence-corrected chi connectivity index (χ0v) is 7.88. The van der Waals surface area contributed by atoms with E-state index in [9.17, 15) is 5.11 Å². The maximum Gasteiger partial charge on any atom is 0.166 e. The highest BCUT2D eigenvalue weighted by Crippen LogP contribution is 2.25. The van der Waals surface area contributed by atoms with Crippen molar-refractivity contribution in [2.75, 3.05) is 0 Å². The first-order valence-corrected chi connectivity index (χ1v) is 4.72. The van der Waals surface area contributed by atoms with Gasteiger partial charge in [0.2, 0.25) is 0 Å². The Morgan fingerprint density at radius 2 is 2.38 bits per heavy atom. The number of rotatable bonds is 2. The first kappa shape index (κ1) is 8.40. The van der Waals surface area contributed by atoms with Crippen molar-refractivity contribution in [3.8, 4) is 10.8 Å². The van der Waals surface area contributed by atoms with E-state index in [-0.39, 0.29) is 0 Å². The van der Waals surface area contributed by atoms with E-state index in [1.165, 1.54) is 11.3 Å². The molecule has 2 heterocycles. The largest absolute Gasteiger partial charge is 0.388 e. The zero-order valence-electron chi connectivity index (χ0n) is 7.06. The van der Waals surface area contributed by atoms with Gasteiger partial charge in [0.15, 0.2) is 10.8 Å². The van der Waals surface area contributed by atoms with Crippen molar-refractivity contribution in [3.63, 3.8) is 0 Å². The van der Waals surface area contributed by atoms with Gasteiger partial charge in [0.25, 0.3) is 0 Å². The minimum atomic E-state index is -0.457. The molecule has 2 aromatic heterocycles. The van der Waals surface area contributed by atoms with Crippen molar-refractivity contribution in [3.05, 3.63) is 23.5 Å². The summed E-state index contributed by atoms with van der Waals surface area (Å²) in [5.41, 5.74) is 0. The SMILES string of the molecule is CC(O)c1cnc(-c2ncc[nH]2)s1. The number of aromatic amines is 1. The third-order valence-corrected chi connectivity index (χ3v) is 2.81. The first-order chi connectivity index (χ1) is 6.27. The molecule has 0 radical (unpaired) electrons. The second kappa shape index (κ2) is 3.27. The lowest BCUT2D eigenvalue weighted by Crippen LogP contribution is -1.83. The van der Waals surface area contributed by atoms with E-state index in [1.807, 2.05) is 0 Å². The summed E-state index contributed by atoms with van der Waals surface area (Å²) in [5, 5.41) is 10.1. The van der Waals surface area contributed by atoms with Crippen LogP contribution in [0.5, 0.6) is 0 Å². The maximum atomic E-state index is 9.27. The summed E-state index contributed by atoms with van der Waals surface area (Å²) < 4.78 is 0. The summed E-state index contributed by atoms with van der Waals surface area (Å²) in [6, 6.07) is 0. The van der Waals surface area contributed by atoms with Crippen molar-refractivity contribution in [2.24, 2.45) is 0 Å². The van der Waals surface area contributed by atoms with Gasteiger partial charge < -0.3 is 10.1 Å². The van der Waals surface area contributed by atoms with Crippen LogP contribution in [-0.2, 0) is 0 Å². The van der Waals surface area contributed by atoms with E-state index in [0.29, 0.717) is 0 Å². The van der Waals surface area contributed by atoms with Gasteiger partial charge in [0.1, 0.15) is 0 Å². The number of hydrogen-bond acceptors (Lipinski definition) is 4. The summed E-state index contributed by atoms with van der Waals surface area (Å²) in [6.07, 6.45) is 4.64. The van der Waals surface area contributed by atoms with E-state index in [2.05, 4.69) is 15.0 Å². The molecule has 0 fully saturated rings. The van der Waals surface area contributed by atoms with E-state index >= 15 is 0 Å². The zero-order chi connectivity index (χ0) is 9.26. The number of thiazole rings is 1. The Balaban J connectivity index is 2.33. The summed E-state index contributed by atoms with van der Waals surface area (Å²) in [6.45, 7) is 1.72. The van der Waals surface area contributed by atoms with Gasteiger partial charge in [-0.15, -0.1) is 11.3 Å². The molecule has 1 atom stereocenters. The second-order valence-electron chi connectivity index (χ2n) is 2.68. The number of aromatic nitrogens is 3. The van der Waals surface area contributed by atoms with Crippen molar-refractivity contribution >= 4 is 11.3 Å². The lowest BCUT2D eigenvalue weighted by atomic mass is 10.4. The van der Waals surface area contributed by atoms with Gasteiger partial charge in [-0.25, -0.2) is 9.97 Å². The molecule has 5 heteroatoms. The van der Waals surface area contributed by atoms with Crippen LogP contribution in [0.15, 0.2) is 18.6 Å². The fourth-order valence-corrected chi connectivity index (χ4v) is 1.78. The van der Waals surface area contributed by atoms with Gasteiger partial charge in [-0.2, -0.15) is 0 Å². The monoisotopic (exact) mass is 195 g/mol. The van der Waals surface area contributed by atoms with Crippen molar-refractivity contribution in [1.82, 2.24) is 15.0 Å². The Labute approximate surface area is 79.3 Å². The van der Waals surface area contributed by atoms with Crippen LogP contribution in [-0.4, -0.2) is 20.1 Å². The number of hydrogen-bond donors (Lipinski definition) is 2. The molecule has 13 heavy (non-hydrogen) atoms. The van der Waals surface area contributed by atoms with Gasteiger partial charge in [-0.05, 0) is 6.92 Å². The van der Waals surface area contributed by atoms with Gasteiger partial charge in [-0.3, -0.25) is 0 Å². The van der Waals surface area contributed by atoms with Gasteiger partial charge >= 0.3 is 0 Å². The van der Waals surface area contributed by atoms with Crippen LogP contribution in [0.2, 0.25) is 0 Å². The number of H-pyrrole nitrogens is 1. The molecule has 0 aliphatic rings. The number of aliphatic hydroxyl groups excluding tert-OH is 1. The van der Waals surface area contributed by atoms with Crippen molar-refractivity contribution in [1.29, 1.82) is 0 Å². The average molecular weight is 195 g/mol. The highest BCUT2D eigenvalue weighted by molar-refractivity contribution is 7.15. The van der Waals surface area contributed by atoms with Crippen molar-refractivity contribution < 1.29 is 5.11 Å². The molecule has 2 N–H and O–H groups in total. The second-order valence-corrected chi connectivity index (χ2v) is 3.74. The van der Waals surface area contributed by atoms with Crippen LogP contribution < -0.4 is 0 Å². The summed E-state index contributed by atoms with van der Waals surface area (Å²) in [7, 11) is 0. The van der Waals surface area contributed by atoms with Gasteiger partial charge in [0, 0.05) is 18.6 Å². The van der Waals surface area contributed by atoms with Gasteiger partial charge in [0.05, 0.1) is 11.0 Å². The Morgan fingerprint density at radius 3 is 2.92 bits per heavy atom.